The largest absolute Gasteiger partial charge is 0.326 e. The zero-order valence-corrected chi connectivity index (χ0v) is 12.2. The summed E-state index contributed by atoms with van der Waals surface area (Å²) in [6.07, 6.45) is 0. The second-order valence-electron chi connectivity index (χ2n) is 4.89. The third-order valence-corrected chi connectivity index (χ3v) is 3.10. The number of hydrogen-bond acceptors (Lipinski definition) is 1. The fourth-order valence-corrected chi connectivity index (χ4v) is 2.29. The number of hydrogen-bond donors (Lipinski definition) is 1. The summed E-state index contributed by atoms with van der Waals surface area (Å²) in [5.41, 5.74) is 4.02. The maximum Gasteiger partial charge on any atom is 0.326 e. The monoisotopic (exact) mass is 268 g/mol. The molecule has 0 saturated carbocycles. The molecule has 3 nitrogen and oxygen atoms in total. The van der Waals surface area contributed by atoms with Gasteiger partial charge in [-0.05, 0) is 56.2 Å². The topological polar surface area (TPSA) is 32.3 Å². The van der Waals surface area contributed by atoms with E-state index in [9.17, 15) is 4.79 Å². The molecule has 1 N–H and O–H groups in total. The van der Waals surface area contributed by atoms with Crippen molar-refractivity contribution in [3.63, 3.8) is 0 Å². The summed E-state index contributed by atoms with van der Waals surface area (Å²) in [6.45, 7) is 6.64. The van der Waals surface area contributed by atoms with Crippen molar-refractivity contribution in [1.29, 1.82) is 0 Å². The Labute approximate surface area is 120 Å². The van der Waals surface area contributed by atoms with Gasteiger partial charge in [0.25, 0.3) is 0 Å². The Balaban J connectivity index is 2.18. The molecule has 0 aliphatic heterocycles. The molecule has 0 aromatic heterocycles. The van der Waals surface area contributed by atoms with Gasteiger partial charge < -0.3 is 5.32 Å². The molecule has 0 heterocycles. The molecule has 0 aliphatic carbocycles. The summed E-state index contributed by atoms with van der Waals surface area (Å²) >= 11 is 0. The van der Waals surface area contributed by atoms with Gasteiger partial charge in [-0.2, -0.15) is 0 Å². The van der Waals surface area contributed by atoms with Gasteiger partial charge in [0.15, 0.2) is 0 Å². The van der Waals surface area contributed by atoms with Crippen LogP contribution in [0.3, 0.4) is 0 Å². The van der Waals surface area contributed by atoms with Gasteiger partial charge in [0.1, 0.15) is 0 Å². The number of nitrogens with zero attached hydrogens (tertiary/aromatic N) is 1. The van der Waals surface area contributed by atoms with Crippen LogP contribution in [0.25, 0.3) is 0 Å². The zero-order chi connectivity index (χ0) is 14.5. The van der Waals surface area contributed by atoms with Crippen molar-refractivity contribution < 1.29 is 4.79 Å². The third-order valence-electron chi connectivity index (χ3n) is 3.10. The van der Waals surface area contributed by atoms with E-state index < -0.39 is 0 Å². The van der Waals surface area contributed by atoms with Crippen LogP contribution in [0, 0.1) is 13.8 Å². The van der Waals surface area contributed by atoms with E-state index >= 15 is 0 Å². The molecule has 0 unspecified atom stereocenters. The van der Waals surface area contributed by atoms with E-state index in [4.69, 9.17) is 0 Å². The van der Waals surface area contributed by atoms with Crippen molar-refractivity contribution >= 4 is 17.4 Å². The van der Waals surface area contributed by atoms with Crippen LogP contribution in [0.2, 0.25) is 0 Å². The van der Waals surface area contributed by atoms with E-state index in [1.807, 2.05) is 63.2 Å². The van der Waals surface area contributed by atoms with E-state index in [1.165, 1.54) is 0 Å². The SMILES string of the molecule is CCN(C(=O)Nc1cc(C)cc(C)c1)c1ccccc1. The minimum absolute atomic E-state index is 0.108. The van der Waals surface area contributed by atoms with Crippen molar-refractivity contribution in [2.45, 2.75) is 20.8 Å². The summed E-state index contributed by atoms with van der Waals surface area (Å²) in [5.74, 6) is 0. The van der Waals surface area contributed by atoms with Gasteiger partial charge in [-0.1, -0.05) is 24.3 Å². The first-order valence-electron chi connectivity index (χ1n) is 6.82. The molecule has 20 heavy (non-hydrogen) atoms. The van der Waals surface area contributed by atoms with E-state index in [0.717, 1.165) is 22.5 Å². The molecular formula is C17H20N2O. The summed E-state index contributed by atoms with van der Waals surface area (Å²) in [5, 5.41) is 2.96. The van der Waals surface area contributed by atoms with Crippen LogP contribution < -0.4 is 10.2 Å². The van der Waals surface area contributed by atoms with Crippen LogP contribution in [0.4, 0.5) is 16.2 Å². The fourth-order valence-electron chi connectivity index (χ4n) is 2.29. The Hall–Kier alpha value is -2.29. The van der Waals surface area contributed by atoms with Gasteiger partial charge in [0.05, 0.1) is 0 Å². The highest BCUT2D eigenvalue weighted by Crippen LogP contribution is 2.17. The van der Waals surface area contributed by atoms with Crippen LogP contribution in [0.1, 0.15) is 18.1 Å². The van der Waals surface area contributed by atoms with Crippen LogP contribution in [-0.2, 0) is 0 Å². The molecule has 2 amide bonds. The molecule has 0 saturated heterocycles. The van der Waals surface area contributed by atoms with Crippen molar-refractivity contribution in [2.75, 3.05) is 16.8 Å². The highest BCUT2D eigenvalue weighted by atomic mass is 16.2. The van der Waals surface area contributed by atoms with Gasteiger partial charge >= 0.3 is 6.03 Å². The molecule has 2 aromatic carbocycles. The number of rotatable bonds is 3. The highest BCUT2D eigenvalue weighted by Gasteiger charge is 2.13. The second kappa shape index (κ2) is 6.24. The number of amides is 2. The lowest BCUT2D eigenvalue weighted by molar-refractivity contribution is 0.257. The number of benzene rings is 2. The number of para-hydroxylation sites is 1. The highest BCUT2D eigenvalue weighted by molar-refractivity contribution is 6.01. The number of carbonyl (C=O) groups excluding carboxylic acids is 1. The molecule has 0 aliphatic rings. The summed E-state index contributed by atoms with van der Waals surface area (Å²) in [4.78, 5) is 14.1. The van der Waals surface area contributed by atoms with E-state index in [-0.39, 0.29) is 6.03 Å². The van der Waals surface area contributed by atoms with Crippen LogP contribution >= 0.6 is 0 Å². The maximum atomic E-state index is 12.4. The molecule has 0 fully saturated rings. The van der Waals surface area contributed by atoms with Gasteiger partial charge in [-0.25, -0.2) is 4.79 Å². The summed E-state index contributed by atoms with van der Waals surface area (Å²) < 4.78 is 0. The van der Waals surface area contributed by atoms with E-state index in [0.29, 0.717) is 6.54 Å². The van der Waals surface area contributed by atoms with Crippen molar-refractivity contribution in [3.05, 3.63) is 59.7 Å². The standard InChI is InChI=1S/C17H20N2O/c1-4-19(16-8-6-5-7-9-16)17(20)18-15-11-13(2)10-14(3)12-15/h5-12H,4H2,1-3H3,(H,18,20). The Kier molecular flexibility index (Phi) is 4.41. The molecule has 0 atom stereocenters. The molecule has 2 rings (SSSR count). The molecule has 0 spiro atoms. The van der Waals surface area contributed by atoms with Crippen molar-refractivity contribution in [1.82, 2.24) is 0 Å². The Morgan fingerprint density at radius 1 is 1.05 bits per heavy atom. The summed E-state index contributed by atoms with van der Waals surface area (Å²) in [6, 6.07) is 15.6. The van der Waals surface area contributed by atoms with Gasteiger partial charge in [0, 0.05) is 17.9 Å². The summed E-state index contributed by atoms with van der Waals surface area (Å²) in [7, 11) is 0. The average Bonchev–Trinajstić information content (AvgIpc) is 2.39. The first-order chi connectivity index (χ1) is 9.60. The second-order valence-corrected chi connectivity index (χ2v) is 4.89. The predicted octanol–water partition coefficient (Wildman–Crippen LogP) is 4.36. The fraction of sp³-hybridized carbons (Fsp3) is 0.235. The Morgan fingerprint density at radius 2 is 1.65 bits per heavy atom. The quantitative estimate of drug-likeness (QED) is 0.881. The van der Waals surface area contributed by atoms with Gasteiger partial charge in [-0.15, -0.1) is 0 Å². The minimum atomic E-state index is -0.108. The smallest absolute Gasteiger partial charge is 0.308 e. The van der Waals surface area contributed by atoms with Gasteiger partial charge in [-0.3, -0.25) is 4.90 Å². The molecule has 3 heteroatoms. The first kappa shape index (κ1) is 14.1. The van der Waals surface area contributed by atoms with Gasteiger partial charge in [0.2, 0.25) is 0 Å². The van der Waals surface area contributed by atoms with E-state index in [1.54, 1.807) is 4.90 Å². The minimum Gasteiger partial charge on any atom is -0.308 e. The number of carbonyl (C=O) groups is 1. The first-order valence-corrected chi connectivity index (χ1v) is 6.82. The zero-order valence-electron chi connectivity index (χ0n) is 12.2. The Morgan fingerprint density at radius 3 is 2.20 bits per heavy atom. The van der Waals surface area contributed by atoms with Crippen LogP contribution in [-0.4, -0.2) is 12.6 Å². The normalized spacial score (nSPS) is 10.2. The predicted molar refractivity (Wildman–Crippen MR) is 84.4 cm³/mol. The maximum absolute atomic E-state index is 12.4. The van der Waals surface area contributed by atoms with Crippen molar-refractivity contribution in [3.8, 4) is 0 Å². The molecule has 2 aromatic rings. The molecule has 104 valence electrons. The lowest BCUT2D eigenvalue weighted by Gasteiger charge is -2.21. The molecule has 0 radical (unpaired) electrons. The van der Waals surface area contributed by atoms with E-state index in [2.05, 4.69) is 11.4 Å². The number of nitrogens with one attached hydrogen (secondary N) is 1. The van der Waals surface area contributed by atoms with Crippen molar-refractivity contribution in [2.24, 2.45) is 0 Å². The van der Waals surface area contributed by atoms with Crippen LogP contribution in [0.15, 0.2) is 48.5 Å². The molecule has 0 bridgehead atoms. The lowest BCUT2D eigenvalue weighted by atomic mass is 10.1. The average molecular weight is 268 g/mol. The number of aryl methyl sites for hydroxylation is 2. The Bertz CT molecular complexity index is 573. The number of urea groups is 1. The molecular weight excluding hydrogens is 248 g/mol. The van der Waals surface area contributed by atoms with Crippen LogP contribution in [0.5, 0.6) is 0 Å². The lowest BCUT2D eigenvalue weighted by Crippen LogP contribution is -2.34. The third kappa shape index (κ3) is 3.38. The number of anilines is 2.